The average Bonchev–Trinajstić information content (AvgIpc) is 2.97. The van der Waals surface area contributed by atoms with E-state index in [9.17, 15) is 9.59 Å². The predicted molar refractivity (Wildman–Crippen MR) is 88.2 cm³/mol. The number of amides is 2. The Morgan fingerprint density at radius 2 is 2.32 bits per heavy atom. The van der Waals surface area contributed by atoms with Crippen molar-refractivity contribution in [1.29, 1.82) is 0 Å². The molecule has 122 valence electrons. The molecule has 1 fully saturated rings. The molecule has 22 heavy (non-hydrogen) atoms. The molecule has 2 heterocycles. The molecule has 1 aromatic rings. The minimum atomic E-state index is -0.107. The van der Waals surface area contributed by atoms with E-state index in [2.05, 4.69) is 15.5 Å². The molecule has 1 saturated heterocycles. The van der Waals surface area contributed by atoms with Gasteiger partial charge in [0.1, 0.15) is 0 Å². The number of thioether (sulfide) groups is 1. The third-order valence-corrected chi connectivity index (χ3v) is 5.18. The summed E-state index contributed by atoms with van der Waals surface area (Å²) in [5.41, 5.74) is 0. The maximum atomic E-state index is 12.0. The van der Waals surface area contributed by atoms with Crippen LogP contribution >= 0.6 is 23.1 Å². The van der Waals surface area contributed by atoms with Crippen molar-refractivity contribution < 1.29 is 9.59 Å². The lowest BCUT2D eigenvalue weighted by Gasteiger charge is -2.19. The summed E-state index contributed by atoms with van der Waals surface area (Å²) in [5.74, 6) is 1.30. The number of nitrogens with one attached hydrogen (secondary N) is 1. The van der Waals surface area contributed by atoms with E-state index in [1.807, 2.05) is 25.9 Å². The molecule has 7 nitrogen and oxygen atoms in total. The Morgan fingerprint density at radius 1 is 1.55 bits per heavy atom. The van der Waals surface area contributed by atoms with Crippen LogP contribution in [-0.2, 0) is 9.59 Å². The van der Waals surface area contributed by atoms with Gasteiger partial charge in [0.05, 0.1) is 6.54 Å². The topological polar surface area (TPSA) is 78.4 Å². The fourth-order valence-corrected chi connectivity index (χ4v) is 4.10. The highest BCUT2D eigenvalue weighted by Crippen LogP contribution is 2.24. The van der Waals surface area contributed by atoms with Crippen LogP contribution in [-0.4, -0.2) is 71.3 Å². The van der Waals surface area contributed by atoms with Crippen molar-refractivity contribution in [3.8, 4) is 0 Å². The van der Waals surface area contributed by atoms with Crippen LogP contribution in [0.1, 0.15) is 13.3 Å². The molecular formula is C13H21N5O2S2. The third kappa shape index (κ3) is 4.92. The first-order chi connectivity index (χ1) is 10.5. The zero-order valence-electron chi connectivity index (χ0n) is 13.0. The van der Waals surface area contributed by atoms with E-state index < -0.39 is 0 Å². The zero-order valence-corrected chi connectivity index (χ0v) is 14.7. The van der Waals surface area contributed by atoms with Crippen molar-refractivity contribution in [2.24, 2.45) is 5.92 Å². The van der Waals surface area contributed by atoms with Crippen molar-refractivity contribution in [3.63, 3.8) is 0 Å². The van der Waals surface area contributed by atoms with Crippen molar-refractivity contribution >= 4 is 40.0 Å². The summed E-state index contributed by atoms with van der Waals surface area (Å²) in [7, 11) is 3.71. The van der Waals surface area contributed by atoms with E-state index in [0.717, 1.165) is 23.2 Å². The normalized spacial score (nSPS) is 18.3. The summed E-state index contributed by atoms with van der Waals surface area (Å²) in [6.07, 6.45) is 0.566. The Kier molecular flexibility index (Phi) is 6.16. The van der Waals surface area contributed by atoms with Crippen molar-refractivity contribution in [2.75, 3.05) is 44.8 Å². The minimum Gasteiger partial charge on any atom is -0.345 e. The number of anilines is 1. The number of nitrogens with zero attached hydrogens (tertiary/aromatic N) is 4. The molecule has 2 rings (SSSR count). The van der Waals surface area contributed by atoms with Gasteiger partial charge < -0.3 is 4.90 Å². The van der Waals surface area contributed by atoms with Crippen LogP contribution in [0.4, 0.5) is 5.13 Å². The van der Waals surface area contributed by atoms with Gasteiger partial charge in [-0.1, -0.05) is 30.0 Å². The number of aromatic nitrogens is 2. The molecule has 0 aliphatic carbocycles. The van der Waals surface area contributed by atoms with E-state index in [1.54, 1.807) is 16.7 Å². The molecule has 0 aromatic carbocycles. The first-order valence-corrected chi connectivity index (χ1v) is 8.96. The summed E-state index contributed by atoms with van der Waals surface area (Å²) >= 11 is 2.99. The molecule has 1 aliphatic heterocycles. The Hall–Kier alpha value is -1.19. The quantitative estimate of drug-likeness (QED) is 0.588. The van der Waals surface area contributed by atoms with Crippen LogP contribution in [0, 0.1) is 5.92 Å². The molecule has 1 aliphatic rings. The highest BCUT2D eigenvalue weighted by Gasteiger charge is 2.27. The van der Waals surface area contributed by atoms with Gasteiger partial charge in [0.15, 0.2) is 4.34 Å². The summed E-state index contributed by atoms with van der Waals surface area (Å²) in [4.78, 5) is 27.2. The van der Waals surface area contributed by atoms with Gasteiger partial charge in [-0.25, -0.2) is 0 Å². The lowest BCUT2D eigenvalue weighted by atomic mass is 10.1. The van der Waals surface area contributed by atoms with Crippen LogP contribution in [0.15, 0.2) is 4.34 Å². The van der Waals surface area contributed by atoms with Gasteiger partial charge in [0.25, 0.3) is 0 Å². The second-order valence-electron chi connectivity index (χ2n) is 5.40. The summed E-state index contributed by atoms with van der Waals surface area (Å²) in [6, 6.07) is 0. The third-order valence-electron chi connectivity index (χ3n) is 3.33. The van der Waals surface area contributed by atoms with Crippen LogP contribution < -0.4 is 5.32 Å². The van der Waals surface area contributed by atoms with E-state index in [-0.39, 0.29) is 18.4 Å². The van der Waals surface area contributed by atoms with E-state index >= 15 is 0 Å². The number of carbonyl (C=O) groups excluding carboxylic acids is 2. The van der Waals surface area contributed by atoms with E-state index in [1.165, 1.54) is 11.3 Å². The molecule has 0 unspecified atom stereocenters. The van der Waals surface area contributed by atoms with E-state index in [0.29, 0.717) is 17.5 Å². The fourth-order valence-electron chi connectivity index (χ4n) is 2.43. The summed E-state index contributed by atoms with van der Waals surface area (Å²) in [5, 5.41) is 11.2. The SMILES string of the molecule is CCSc1nnc(NC(=O)CN(C)C[C@H]2CC(=O)N(C)C2)s1. The number of rotatable bonds is 7. The molecule has 0 spiro atoms. The van der Waals surface area contributed by atoms with Gasteiger partial charge >= 0.3 is 0 Å². The van der Waals surface area contributed by atoms with Crippen molar-refractivity contribution in [3.05, 3.63) is 0 Å². The largest absolute Gasteiger partial charge is 0.345 e. The molecular weight excluding hydrogens is 322 g/mol. The standard InChI is InChI=1S/C13H21N5O2S2/c1-4-21-13-16-15-12(22-13)14-10(19)8-17(2)6-9-5-11(20)18(3)7-9/h9H,4-8H2,1-3H3,(H,14,15,19)/t9-/m1/s1. The number of likely N-dealkylation sites (tertiary alicyclic amines) is 1. The van der Waals surface area contributed by atoms with Crippen LogP contribution in [0.25, 0.3) is 0 Å². The molecule has 2 amide bonds. The first kappa shape index (κ1) is 17.2. The Balaban J connectivity index is 1.75. The molecule has 0 radical (unpaired) electrons. The summed E-state index contributed by atoms with van der Waals surface area (Å²) < 4.78 is 0.860. The average molecular weight is 343 g/mol. The van der Waals surface area contributed by atoms with E-state index in [4.69, 9.17) is 0 Å². The van der Waals surface area contributed by atoms with Gasteiger partial charge in [0.2, 0.25) is 16.9 Å². The highest BCUT2D eigenvalue weighted by molar-refractivity contribution is 8.01. The lowest BCUT2D eigenvalue weighted by molar-refractivity contribution is -0.126. The molecule has 1 atom stereocenters. The Morgan fingerprint density at radius 3 is 2.95 bits per heavy atom. The predicted octanol–water partition coefficient (Wildman–Crippen LogP) is 0.999. The van der Waals surface area contributed by atoms with Gasteiger partial charge in [-0.2, -0.15) is 0 Å². The molecule has 1 aromatic heterocycles. The Labute approximate surface area is 138 Å². The van der Waals surface area contributed by atoms with Gasteiger partial charge in [-0.3, -0.25) is 19.8 Å². The van der Waals surface area contributed by atoms with Gasteiger partial charge in [-0.05, 0) is 18.7 Å². The second kappa shape index (κ2) is 7.89. The number of likely N-dealkylation sites (N-methyl/N-ethyl adjacent to an activating group) is 1. The highest BCUT2D eigenvalue weighted by atomic mass is 32.2. The Bertz CT molecular complexity index is 536. The zero-order chi connectivity index (χ0) is 16.1. The molecule has 1 N–H and O–H groups in total. The van der Waals surface area contributed by atoms with Crippen molar-refractivity contribution in [2.45, 2.75) is 17.7 Å². The molecule has 0 bridgehead atoms. The number of carbonyl (C=O) groups is 2. The monoisotopic (exact) mass is 343 g/mol. The number of hydrogen-bond acceptors (Lipinski definition) is 7. The first-order valence-electron chi connectivity index (χ1n) is 7.16. The second-order valence-corrected chi connectivity index (χ2v) is 7.88. The minimum absolute atomic E-state index is 0.107. The van der Waals surface area contributed by atoms with Gasteiger partial charge in [0, 0.05) is 26.6 Å². The molecule has 9 heteroatoms. The maximum Gasteiger partial charge on any atom is 0.240 e. The maximum absolute atomic E-state index is 12.0. The number of hydrogen-bond donors (Lipinski definition) is 1. The lowest BCUT2D eigenvalue weighted by Crippen LogP contribution is -2.34. The van der Waals surface area contributed by atoms with Crippen molar-refractivity contribution in [1.82, 2.24) is 20.0 Å². The molecule has 0 saturated carbocycles. The smallest absolute Gasteiger partial charge is 0.240 e. The van der Waals surface area contributed by atoms with Crippen LogP contribution in [0.5, 0.6) is 0 Å². The van der Waals surface area contributed by atoms with Crippen LogP contribution in [0.2, 0.25) is 0 Å². The fraction of sp³-hybridized carbons (Fsp3) is 0.692. The van der Waals surface area contributed by atoms with Gasteiger partial charge in [-0.15, -0.1) is 10.2 Å². The van der Waals surface area contributed by atoms with Crippen LogP contribution in [0.3, 0.4) is 0 Å². The summed E-state index contributed by atoms with van der Waals surface area (Å²) in [6.45, 7) is 3.82.